The minimum Gasteiger partial charge on any atom is -0.444 e. The van der Waals surface area contributed by atoms with Crippen LogP contribution in [0.25, 0.3) is 0 Å². The van der Waals surface area contributed by atoms with Gasteiger partial charge < -0.3 is 14.8 Å². The third kappa shape index (κ3) is 7.69. The highest BCUT2D eigenvalue weighted by atomic mass is 19.1. The van der Waals surface area contributed by atoms with Crippen molar-refractivity contribution in [2.45, 2.75) is 45.3 Å². The molecule has 1 amide bonds. The zero-order valence-corrected chi connectivity index (χ0v) is 13.9. The number of halogens is 1. The van der Waals surface area contributed by atoms with E-state index in [0.717, 1.165) is 12.3 Å². The van der Waals surface area contributed by atoms with E-state index in [-0.39, 0.29) is 17.8 Å². The lowest BCUT2D eigenvalue weighted by atomic mass is 10.0. The third-order valence-electron chi connectivity index (χ3n) is 2.85. The first-order valence-corrected chi connectivity index (χ1v) is 7.33. The van der Waals surface area contributed by atoms with Gasteiger partial charge in [0.05, 0.1) is 6.20 Å². The van der Waals surface area contributed by atoms with Crippen LogP contribution in [0.2, 0.25) is 0 Å². The summed E-state index contributed by atoms with van der Waals surface area (Å²) < 4.78 is 23.3. The Hall–Kier alpha value is -2.02. The van der Waals surface area contributed by atoms with Gasteiger partial charge in [0.1, 0.15) is 11.4 Å². The fraction of sp³-hybridized carbons (Fsp3) is 0.562. The molecule has 128 valence electrons. The Morgan fingerprint density at radius 3 is 2.61 bits per heavy atom. The first-order valence-electron chi connectivity index (χ1n) is 7.33. The number of nitrogens with zero attached hydrogens (tertiary/aromatic N) is 1. The molecule has 6 nitrogen and oxygen atoms in total. The van der Waals surface area contributed by atoms with Gasteiger partial charge in [0.2, 0.25) is 0 Å². The molecule has 7 heteroatoms. The van der Waals surface area contributed by atoms with Gasteiger partial charge in [-0.1, -0.05) is 0 Å². The summed E-state index contributed by atoms with van der Waals surface area (Å²) in [5, 5.41) is 2.65. The number of aromatic nitrogens is 1. The SMILES string of the molecule is COCCC(CC(=O)c1cncc(F)c1)NC(=O)OC(C)(C)C. The maximum atomic E-state index is 13.1. The maximum absolute atomic E-state index is 13.1. The van der Waals surface area contributed by atoms with E-state index >= 15 is 0 Å². The highest BCUT2D eigenvalue weighted by Crippen LogP contribution is 2.11. The molecule has 0 fully saturated rings. The summed E-state index contributed by atoms with van der Waals surface area (Å²) >= 11 is 0. The smallest absolute Gasteiger partial charge is 0.407 e. The maximum Gasteiger partial charge on any atom is 0.407 e. The van der Waals surface area contributed by atoms with Crippen molar-refractivity contribution in [1.82, 2.24) is 10.3 Å². The van der Waals surface area contributed by atoms with Crippen LogP contribution in [0.3, 0.4) is 0 Å². The second-order valence-electron chi connectivity index (χ2n) is 6.14. The number of ketones is 1. The van der Waals surface area contributed by atoms with Crippen molar-refractivity contribution in [2.24, 2.45) is 0 Å². The number of carbonyl (C=O) groups excluding carboxylic acids is 2. The molecule has 0 saturated carbocycles. The second kappa shape index (κ2) is 8.57. The summed E-state index contributed by atoms with van der Waals surface area (Å²) in [6.07, 6.45) is 2.16. The Morgan fingerprint density at radius 1 is 1.35 bits per heavy atom. The molecule has 1 atom stereocenters. The molecule has 1 heterocycles. The highest BCUT2D eigenvalue weighted by Gasteiger charge is 2.22. The van der Waals surface area contributed by atoms with Gasteiger partial charge >= 0.3 is 6.09 Å². The monoisotopic (exact) mass is 326 g/mol. The molecule has 1 unspecified atom stereocenters. The summed E-state index contributed by atoms with van der Waals surface area (Å²) in [6, 6.07) is 0.650. The summed E-state index contributed by atoms with van der Waals surface area (Å²) in [7, 11) is 1.53. The van der Waals surface area contributed by atoms with Gasteiger partial charge in [0, 0.05) is 37.9 Å². The quantitative estimate of drug-likeness (QED) is 0.780. The Labute approximate surface area is 135 Å². The van der Waals surface area contributed by atoms with Gasteiger partial charge in [-0.2, -0.15) is 0 Å². The Morgan fingerprint density at radius 2 is 2.04 bits per heavy atom. The molecule has 0 saturated heterocycles. The number of hydrogen-bond acceptors (Lipinski definition) is 5. The number of nitrogens with one attached hydrogen (secondary N) is 1. The number of carbonyl (C=O) groups is 2. The van der Waals surface area contributed by atoms with Crippen molar-refractivity contribution in [3.63, 3.8) is 0 Å². The van der Waals surface area contributed by atoms with Crippen LogP contribution in [-0.2, 0) is 9.47 Å². The van der Waals surface area contributed by atoms with Crippen LogP contribution in [-0.4, -0.2) is 42.2 Å². The van der Waals surface area contributed by atoms with Gasteiger partial charge in [-0.15, -0.1) is 0 Å². The van der Waals surface area contributed by atoms with Gasteiger partial charge in [0.15, 0.2) is 5.78 Å². The average Bonchev–Trinajstić information content (AvgIpc) is 2.42. The zero-order valence-electron chi connectivity index (χ0n) is 13.9. The standard InChI is InChI=1S/C16H23FN2O4/c1-16(2,3)23-15(21)19-13(5-6-22-4)8-14(20)11-7-12(17)10-18-9-11/h7,9-10,13H,5-6,8H2,1-4H3,(H,19,21). The van der Waals surface area contributed by atoms with E-state index < -0.39 is 23.6 Å². The van der Waals surface area contributed by atoms with Crippen molar-refractivity contribution < 1.29 is 23.5 Å². The summed E-state index contributed by atoms with van der Waals surface area (Å²) in [4.78, 5) is 27.7. The number of alkyl carbamates (subject to hydrolysis) is 1. The number of pyridine rings is 1. The molecule has 1 N–H and O–H groups in total. The second-order valence-corrected chi connectivity index (χ2v) is 6.14. The zero-order chi connectivity index (χ0) is 17.5. The Bertz CT molecular complexity index is 543. The van der Waals surface area contributed by atoms with Crippen molar-refractivity contribution in [3.05, 3.63) is 29.8 Å². The minimum absolute atomic E-state index is 0.00767. The van der Waals surface area contributed by atoms with Crippen LogP contribution in [0.1, 0.15) is 44.0 Å². The van der Waals surface area contributed by atoms with Crippen molar-refractivity contribution in [1.29, 1.82) is 0 Å². The number of Topliss-reactive ketones (excluding diaryl/α,β-unsaturated/α-hetero) is 1. The van der Waals surface area contributed by atoms with E-state index in [1.54, 1.807) is 20.8 Å². The van der Waals surface area contributed by atoms with E-state index in [1.807, 2.05) is 0 Å². The Kier molecular flexibility index (Phi) is 7.09. The fourth-order valence-corrected chi connectivity index (χ4v) is 1.87. The molecule has 23 heavy (non-hydrogen) atoms. The molecule has 0 aliphatic heterocycles. The van der Waals surface area contributed by atoms with Gasteiger partial charge in [-0.3, -0.25) is 9.78 Å². The van der Waals surface area contributed by atoms with Crippen LogP contribution in [0.4, 0.5) is 9.18 Å². The molecule has 1 rings (SSSR count). The number of hydrogen-bond donors (Lipinski definition) is 1. The molecule has 0 radical (unpaired) electrons. The van der Waals surface area contributed by atoms with Crippen molar-refractivity contribution >= 4 is 11.9 Å². The Balaban J connectivity index is 2.70. The van der Waals surface area contributed by atoms with Crippen molar-refractivity contribution in [3.8, 4) is 0 Å². The minimum atomic E-state index is -0.633. The highest BCUT2D eigenvalue weighted by molar-refractivity contribution is 5.96. The number of rotatable bonds is 7. The molecule has 0 aliphatic rings. The first kappa shape index (κ1) is 19.0. The van der Waals surface area contributed by atoms with Crippen LogP contribution >= 0.6 is 0 Å². The lowest BCUT2D eigenvalue weighted by Crippen LogP contribution is -2.40. The lowest BCUT2D eigenvalue weighted by molar-refractivity contribution is 0.0490. The number of ether oxygens (including phenoxy) is 2. The number of methoxy groups -OCH3 is 1. The summed E-state index contributed by atoms with van der Waals surface area (Å²) in [5.41, 5.74) is -0.467. The summed E-state index contributed by atoms with van der Waals surface area (Å²) in [5.74, 6) is -0.890. The third-order valence-corrected chi connectivity index (χ3v) is 2.85. The lowest BCUT2D eigenvalue weighted by Gasteiger charge is -2.23. The summed E-state index contributed by atoms with van der Waals surface area (Å²) in [6.45, 7) is 5.62. The molecular weight excluding hydrogens is 303 g/mol. The topological polar surface area (TPSA) is 77.5 Å². The van der Waals surface area contributed by atoms with E-state index in [1.165, 1.54) is 13.3 Å². The molecule has 0 bridgehead atoms. The molecule has 1 aromatic rings. The predicted molar refractivity (Wildman–Crippen MR) is 82.8 cm³/mol. The molecular formula is C16H23FN2O4. The van der Waals surface area contributed by atoms with Gasteiger partial charge in [-0.25, -0.2) is 9.18 Å². The fourth-order valence-electron chi connectivity index (χ4n) is 1.87. The first-order chi connectivity index (χ1) is 10.7. The largest absolute Gasteiger partial charge is 0.444 e. The van der Waals surface area contributed by atoms with E-state index in [0.29, 0.717) is 13.0 Å². The molecule has 0 aromatic carbocycles. The molecule has 1 aromatic heterocycles. The van der Waals surface area contributed by atoms with E-state index in [2.05, 4.69) is 10.3 Å². The predicted octanol–water partition coefficient (Wildman–Crippen LogP) is 2.72. The van der Waals surface area contributed by atoms with Gasteiger partial charge in [0.25, 0.3) is 0 Å². The van der Waals surface area contributed by atoms with E-state index in [4.69, 9.17) is 9.47 Å². The number of amides is 1. The normalized spacial score (nSPS) is 12.6. The molecule has 0 spiro atoms. The van der Waals surface area contributed by atoms with Crippen molar-refractivity contribution in [2.75, 3.05) is 13.7 Å². The van der Waals surface area contributed by atoms with Crippen LogP contribution in [0.15, 0.2) is 18.5 Å². The van der Waals surface area contributed by atoms with Crippen LogP contribution < -0.4 is 5.32 Å². The van der Waals surface area contributed by atoms with E-state index in [9.17, 15) is 14.0 Å². The average molecular weight is 326 g/mol. The van der Waals surface area contributed by atoms with Gasteiger partial charge in [-0.05, 0) is 33.3 Å². The van der Waals surface area contributed by atoms with Crippen LogP contribution in [0.5, 0.6) is 0 Å². The molecule has 0 aliphatic carbocycles. The van der Waals surface area contributed by atoms with Crippen LogP contribution in [0, 0.1) is 5.82 Å².